The summed E-state index contributed by atoms with van der Waals surface area (Å²) in [4.78, 5) is 16.9. The SMILES string of the molecule is CCOC(=O)CN(c1ccc2c(C)c(Cc3ccc(C(=N)N)cc3)oc2c1)S(=O)(=O)c1cccc2cccnc12.Cl. The molecule has 0 unspecified atom stereocenters. The second kappa shape index (κ2) is 12.0. The second-order valence-corrected chi connectivity index (χ2v) is 11.1. The number of rotatable bonds is 9. The predicted octanol–water partition coefficient (Wildman–Crippen LogP) is 5.34. The first kappa shape index (κ1) is 29.6. The lowest BCUT2D eigenvalue weighted by atomic mass is 10.0. The molecule has 0 spiro atoms. The van der Waals surface area contributed by atoms with Gasteiger partial charge in [0.15, 0.2) is 0 Å². The Morgan fingerprint density at radius 3 is 2.51 bits per heavy atom. The topological polar surface area (TPSA) is 140 Å². The molecule has 0 amide bonds. The number of carbonyl (C=O) groups excluding carboxylic acids is 1. The van der Waals surface area contributed by atoms with Gasteiger partial charge in [0.05, 0.1) is 17.8 Å². The molecule has 0 radical (unpaired) electrons. The summed E-state index contributed by atoms with van der Waals surface area (Å²) in [6, 6.07) is 20.9. The summed E-state index contributed by atoms with van der Waals surface area (Å²) in [6.45, 7) is 3.22. The molecule has 41 heavy (non-hydrogen) atoms. The van der Waals surface area contributed by atoms with Crippen molar-refractivity contribution in [1.82, 2.24) is 4.98 Å². The molecule has 2 aromatic heterocycles. The van der Waals surface area contributed by atoms with Gasteiger partial charge in [-0.1, -0.05) is 42.5 Å². The number of nitrogens with one attached hydrogen (secondary N) is 1. The van der Waals surface area contributed by atoms with Crippen LogP contribution in [0.5, 0.6) is 0 Å². The maximum atomic E-state index is 14.0. The van der Waals surface area contributed by atoms with Crippen LogP contribution in [0.2, 0.25) is 0 Å². The largest absolute Gasteiger partial charge is 0.465 e. The molecule has 5 aromatic rings. The van der Waals surface area contributed by atoms with Crippen LogP contribution in [0.4, 0.5) is 5.69 Å². The first-order chi connectivity index (χ1) is 19.2. The number of fused-ring (bicyclic) bond motifs is 2. The van der Waals surface area contributed by atoms with Gasteiger partial charge < -0.3 is 14.9 Å². The van der Waals surface area contributed by atoms with Gasteiger partial charge in [-0.15, -0.1) is 12.4 Å². The number of amidine groups is 1. The smallest absolute Gasteiger partial charge is 0.326 e. The van der Waals surface area contributed by atoms with E-state index in [4.69, 9.17) is 20.3 Å². The van der Waals surface area contributed by atoms with E-state index < -0.39 is 22.5 Å². The van der Waals surface area contributed by atoms with Gasteiger partial charge in [-0.25, -0.2) is 8.42 Å². The number of nitrogens with two attached hydrogens (primary N) is 1. The summed E-state index contributed by atoms with van der Waals surface area (Å²) >= 11 is 0. The van der Waals surface area contributed by atoms with Crippen LogP contribution in [-0.2, 0) is 26.0 Å². The number of benzene rings is 3. The molecule has 0 aliphatic heterocycles. The standard InChI is InChI=1S/C30H28N4O5S.ClH/c1-3-38-28(35)18-34(40(36,37)27-8-4-6-21-7-5-15-33-29(21)27)23-13-14-24-19(2)25(39-26(24)17-23)16-20-9-11-22(12-10-20)30(31)32;/h4-15,17H,3,16,18H2,1-2H3,(H3,31,32);1H. The third-order valence-electron chi connectivity index (χ3n) is 6.68. The highest BCUT2D eigenvalue weighted by Crippen LogP contribution is 2.33. The summed E-state index contributed by atoms with van der Waals surface area (Å²) in [7, 11) is -4.22. The second-order valence-electron chi connectivity index (χ2n) is 9.27. The molecule has 0 saturated heterocycles. The maximum absolute atomic E-state index is 14.0. The Kier molecular flexibility index (Phi) is 8.65. The number of carbonyl (C=O) groups is 1. The normalized spacial score (nSPS) is 11.3. The highest BCUT2D eigenvalue weighted by molar-refractivity contribution is 7.93. The molecule has 0 saturated carbocycles. The molecule has 0 aliphatic rings. The number of esters is 1. The number of hydrogen-bond acceptors (Lipinski definition) is 7. The van der Waals surface area contributed by atoms with Crippen molar-refractivity contribution in [3.63, 3.8) is 0 Å². The number of para-hydroxylation sites is 1. The van der Waals surface area contributed by atoms with Crippen molar-refractivity contribution in [3.8, 4) is 0 Å². The van der Waals surface area contributed by atoms with E-state index in [-0.39, 0.29) is 35.4 Å². The minimum atomic E-state index is -4.22. The number of pyridine rings is 1. The lowest BCUT2D eigenvalue weighted by Crippen LogP contribution is -2.36. The van der Waals surface area contributed by atoms with Crippen molar-refractivity contribution in [1.29, 1.82) is 5.41 Å². The number of nitrogens with zero attached hydrogens (tertiary/aromatic N) is 2. The zero-order valence-corrected chi connectivity index (χ0v) is 24.1. The van der Waals surface area contributed by atoms with Crippen LogP contribution in [0.25, 0.3) is 21.9 Å². The van der Waals surface area contributed by atoms with E-state index in [1.165, 1.54) is 12.3 Å². The third kappa shape index (κ3) is 5.89. The van der Waals surface area contributed by atoms with E-state index in [1.807, 2.05) is 19.1 Å². The molecule has 0 fully saturated rings. The van der Waals surface area contributed by atoms with Crippen LogP contribution in [-0.4, -0.2) is 38.4 Å². The van der Waals surface area contributed by atoms with Gasteiger partial charge in [-0.3, -0.25) is 19.5 Å². The summed E-state index contributed by atoms with van der Waals surface area (Å²) in [6.07, 6.45) is 2.03. The zero-order valence-electron chi connectivity index (χ0n) is 22.5. The lowest BCUT2D eigenvalue weighted by molar-refractivity contribution is -0.141. The van der Waals surface area contributed by atoms with Crippen LogP contribution in [0.3, 0.4) is 0 Å². The first-order valence-electron chi connectivity index (χ1n) is 12.7. The fourth-order valence-electron chi connectivity index (χ4n) is 4.62. The van der Waals surface area contributed by atoms with E-state index in [0.29, 0.717) is 28.5 Å². The lowest BCUT2D eigenvalue weighted by Gasteiger charge is -2.24. The Bertz CT molecular complexity index is 1850. The van der Waals surface area contributed by atoms with Crippen LogP contribution in [0.1, 0.15) is 29.4 Å². The molecule has 11 heteroatoms. The fraction of sp³-hybridized carbons (Fsp3) is 0.167. The Labute approximate surface area is 243 Å². The van der Waals surface area contributed by atoms with E-state index in [1.54, 1.807) is 61.5 Å². The average Bonchev–Trinajstić information content (AvgIpc) is 3.25. The minimum absolute atomic E-state index is 0. The summed E-state index contributed by atoms with van der Waals surface area (Å²) in [5.74, 6) is 0.0473. The van der Waals surface area contributed by atoms with Gasteiger partial charge in [0.25, 0.3) is 10.0 Å². The van der Waals surface area contributed by atoms with Crippen molar-refractivity contribution in [2.75, 3.05) is 17.5 Å². The Hall–Kier alpha value is -4.41. The van der Waals surface area contributed by atoms with Crippen LogP contribution in [0, 0.1) is 12.3 Å². The van der Waals surface area contributed by atoms with Crippen molar-refractivity contribution in [3.05, 3.63) is 101 Å². The molecule has 0 aliphatic carbocycles. The molecular formula is C30H29ClN4O5S. The van der Waals surface area contributed by atoms with Gasteiger partial charge in [-0.2, -0.15) is 0 Å². The number of halogens is 1. The van der Waals surface area contributed by atoms with Gasteiger partial charge in [0.2, 0.25) is 0 Å². The molecule has 3 N–H and O–H groups in total. The average molecular weight is 593 g/mol. The number of hydrogen-bond donors (Lipinski definition) is 2. The molecule has 2 heterocycles. The van der Waals surface area contributed by atoms with Crippen molar-refractivity contribution in [2.24, 2.45) is 5.73 Å². The minimum Gasteiger partial charge on any atom is -0.465 e. The fourth-order valence-corrected chi connectivity index (χ4v) is 6.19. The molecule has 3 aromatic carbocycles. The summed E-state index contributed by atoms with van der Waals surface area (Å²) < 4.78 is 40.4. The van der Waals surface area contributed by atoms with Crippen molar-refractivity contribution in [2.45, 2.75) is 25.2 Å². The highest BCUT2D eigenvalue weighted by Gasteiger charge is 2.30. The third-order valence-corrected chi connectivity index (χ3v) is 8.49. The van der Waals surface area contributed by atoms with E-state index in [9.17, 15) is 13.2 Å². The van der Waals surface area contributed by atoms with Crippen LogP contribution < -0.4 is 10.0 Å². The maximum Gasteiger partial charge on any atom is 0.326 e. The quantitative estimate of drug-likeness (QED) is 0.134. The predicted molar refractivity (Wildman–Crippen MR) is 161 cm³/mol. The Morgan fingerprint density at radius 2 is 1.80 bits per heavy atom. The first-order valence-corrected chi connectivity index (χ1v) is 14.1. The van der Waals surface area contributed by atoms with E-state index in [0.717, 1.165) is 26.6 Å². The number of ether oxygens (including phenoxy) is 1. The molecule has 212 valence electrons. The van der Waals surface area contributed by atoms with Gasteiger partial charge in [0.1, 0.15) is 28.6 Å². The molecule has 9 nitrogen and oxygen atoms in total. The number of aryl methyl sites for hydroxylation is 1. The van der Waals surface area contributed by atoms with Crippen LogP contribution in [0.15, 0.2) is 88.3 Å². The number of anilines is 1. The molecule has 0 bridgehead atoms. The van der Waals surface area contributed by atoms with Gasteiger partial charge >= 0.3 is 5.97 Å². The number of nitrogen functional groups attached to an aromatic ring is 1. The van der Waals surface area contributed by atoms with Crippen LogP contribution >= 0.6 is 12.4 Å². The molecule has 0 atom stereocenters. The number of furan rings is 1. The number of sulfonamides is 1. The summed E-state index contributed by atoms with van der Waals surface area (Å²) in [5, 5.41) is 9.07. The Morgan fingerprint density at radius 1 is 1.07 bits per heavy atom. The monoisotopic (exact) mass is 592 g/mol. The molecule has 5 rings (SSSR count). The highest BCUT2D eigenvalue weighted by atomic mass is 35.5. The van der Waals surface area contributed by atoms with Crippen molar-refractivity contribution < 1.29 is 22.4 Å². The number of aromatic nitrogens is 1. The zero-order chi connectivity index (χ0) is 28.4. The Balaban J connectivity index is 0.00000387. The molecular weight excluding hydrogens is 564 g/mol. The summed E-state index contributed by atoms with van der Waals surface area (Å²) in [5.41, 5.74) is 9.16. The van der Waals surface area contributed by atoms with Gasteiger partial charge in [-0.05, 0) is 49.2 Å². The van der Waals surface area contributed by atoms with Gasteiger partial charge in [0, 0.05) is 35.0 Å². The van der Waals surface area contributed by atoms with Crippen molar-refractivity contribution >= 4 is 61.8 Å². The van der Waals surface area contributed by atoms with E-state index in [2.05, 4.69) is 4.98 Å². The van der Waals surface area contributed by atoms with E-state index >= 15 is 0 Å².